The minimum Gasteiger partial charge on any atom is -0.489 e. The average Bonchev–Trinajstić information content (AvgIpc) is 3.75. The van der Waals surface area contributed by atoms with E-state index < -0.39 is 0 Å². The highest BCUT2D eigenvalue weighted by Gasteiger charge is 2.23. The summed E-state index contributed by atoms with van der Waals surface area (Å²) in [6.07, 6.45) is 3.22. The second kappa shape index (κ2) is 15.9. The number of aromatic nitrogens is 5. The largest absolute Gasteiger partial charge is 0.489 e. The number of benzene rings is 2. The maximum Gasteiger partial charge on any atom is 0.320 e. The molecule has 0 saturated carbocycles. The normalized spacial score (nSPS) is 15.0. The van der Waals surface area contributed by atoms with Crippen molar-refractivity contribution in [3.63, 3.8) is 0 Å². The molecule has 2 N–H and O–H groups in total. The summed E-state index contributed by atoms with van der Waals surface area (Å²) >= 11 is 0. The number of likely N-dealkylation sites (N-methyl/N-ethyl adjacent to an activating group) is 1. The molecular formula is C39H51N9O3. The van der Waals surface area contributed by atoms with Crippen molar-refractivity contribution in [2.45, 2.75) is 65.0 Å². The number of ether oxygens (including phenoxy) is 2. The molecule has 270 valence electrons. The Balaban J connectivity index is 1.11. The number of rotatable bonds is 13. The van der Waals surface area contributed by atoms with Gasteiger partial charge in [-0.25, -0.2) is 9.48 Å². The van der Waals surface area contributed by atoms with Gasteiger partial charge in [0.2, 0.25) is 5.95 Å². The van der Waals surface area contributed by atoms with Crippen molar-refractivity contribution in [2.75, 3.05) is 56.7 Å². The lowest BCUT2D eigenvalue weighted by Gasteiger charge is -2.28. The Morgan fingerprint density at radius 2 is 1.75 bits per heavy atom. The third kappa shape index (κ3) is 9.25. The van der Waals surface area contributed by atoms with Crippen molar-refractivity contribution < 1.29 is 14.3 Å². The van der Waals surface area contributed by atoms with E-state index in [4.69, 9.17) is 14.6 Å². The summed E-state index contributed by atoms with van der Waals surface area (Å²) in [7, 11) is 2.04. The molecule has 0 spiro atoms. The van der Waals surface area contributed by atoms with E-state index in [-0.39, 0.29) is 23.6 Å². The predicted octanol–water partition coefficient (Wildman–Crippen LogP) is 6.40. The molecule has 1 aliphatic rings. The van der Waals surface area contributed by atoms with Crippen molar-refractivity contribution in [1.29, 1.82) is 0 Å². The van der Waals surface area contributed by atoms with Gasteiger partial charge in [-0.05, 0) is 56.5 Å². The number of pyridine rings is 1. The summed E-state index contributed by atoms with van der Waals surface area (Å²) < 4.78 is 15.7. The van der Waals surface area contributed by atoms with E-state index in [9.17, 15) is 4.79 Å². The van der Waals surface area contributed by atoms with Crippen LogP contribution in [0.1, 0.15) is 63.4 Å². The maximum absolute atomic E-state index is 13.6. The average molecular weight is 694 g/mol. The molecule has 5 aromatic rings. The van der Waals surface area contributed by atoms with E-state index >= 15 is 0 Å². The molecule has 1 fully saturated rings. The lowest BCUT2D eigenvalue weighted by Crippen LogP contribution is -2.41. The second-order valence-corrected chi connectivity index (χ2v) is 14.4. The number of carbonyl (C=O) groups is 1. The molecule has 3 aromatic heterocycles. The highest BCUT2D eigenvalue weighted by Crippen LogP contribution is 2.28. The lowest BCUT2D eigenvalue weighted by atomic mass is 9.92. The number of fused-ring (bicyclic) bond motifs is 1. The van der Waals surface area contributed by atoms with Crippen LogP contribution in [0.3, 0.4) is 0 Å². The number of hydrogen-bond donors (Lipinski definition) is 2. The monoisotopic (exact) mass is 693 g/mol. The van der Waals surface area contributed by atoms with Crippen molar-refractivity contribution >= 4 is 23.4 Å². The van der Waals surface area contributed by atoms with E-state index in [1.807, 2.05) is 90.4 Å². The smallest absolute Gasteiger partial charge is 0.320 e. The zero-order chi connectivity index (χ0) is 36.0. The van der Waals surface area contributed by atoms with Gasteiger partial charge in [0.1, 0.15) is 11.6 Å². The Morgan fingerprint density at radius 1 is 1.00 bits per heavy atom. The second-order valence-electron chi connectivity index (χ2n) is 14.4. The topological polar surface area (TPSA) is 114 Å². The van der Waals surface area contributed by atoms with Gasteiger partial charge >= 0.3 is 6.03 Å². The van der Waals surface area contributed by atoms with Gasteiger partial charge in [-0.1, -0.05) is 68.8 Å². The van der Waals surface area contributed by atoms with Gasteiger partial charge in [0, 0.05) is 44.7 Å². The summed E-state index contributed by atoms with van der Waals surface area (Å²) in [5.74, 6) is 2.12. The molecule has 12 heteroatoms. The van der Waals surface area contributed by atoms with E-state index in [1.54, 1.807) is 4.68 Å². The van der Waals surface area contributed by atoms with Crippen LogP contribution in [0.25, 0.3) is 11.3 Å². The lowest BCUT2D eigenvalue weighted by molar-refractivity contribution is 0.0392. The Morgan fingerprint density at radius 3 is 2.47 bits per heavy atom. The Kier molecular flexibility index (Phi) is 11.2. The van der Waals surface area contributed by atoms with Crippen LogP contribution in [0, 0.1) is 6.92 Å². The molecular weight excluding hydrogens is 642 g/mol. The molecule has 2 aromatic carbocycles. The number of amides is 2. The molecule has 1 saturated heterocycles. The SMILES string of the molecule is Cc1ccc(-n2nc(C(C)(C)C)cc2NC(=O)N[C@@H](CC[C@H](C)Oc2ccc3nnc(N(C)CCN4CCOCC4)n3c2)c2ccccc2)cc1. The van der Waals surface area contributed by atoms with Crippen LogP contribution in [-0.2, 0) is 10.2 Å². The molecule has 6 rings (SSSR count). The van der Waals surface area contributed by atoms with Gasteiger partial charge in [-0.2, -0.15) is 5.10 Å². The Bertz CT molecular complexity index is 1880. The zero-order valence-corrected chi connectivity index (χ0v) is 30.7. The first-order chi connectivity index (χ1) is 24.5. The third-order valence-electron chi connectivity index (χ3n) is 9.26. The molecule has 51 heavy (non-hydrogen) atoms. The quantitative estimate of drug-likeness (QED) is 0.146. The molecule has 0 bridgehead atoms. The minimum atomic E-state index is -0.297. The molecule has 2 amide bonds. The highest BCUT2D eigenvalue weighted by molar-refractivity contribution is 5.89. The molecule has 2 atom stereocenters. The molecule has 1 aliphatic heterocycles. The molecule has 0 aliphatic carbocycles. The van der Waals surface area contributed by atoms with Gasteiger partial charge in [0.25, 0.3) is 0 Å². The molecule has 4 heterocycles. The van der Waals surface area contributed by atoms with Crippen LogP contribution < -0.4 is 20.3 Å². The maximum atomic E-state index is 13.6. The summed E-state index contributed by atoms with van der Waals surface area (Å²) in [5.41, 5.74) is 4.53. The summed E-state index contributed by atoms with van der Waals surface area (Å²) in [4.78, 5) is 18.2. The fourth-order valence-corrected chi connectivity index (χ4v) is 6.14. The van der Waals surface area contributed by atoms with Crippen molar-refractivity contribution in [3.8, 4) is 11.4 Å². The van der Waals surface area contributed by atoms with Crippen LogP contribution >= 0.6 is 0 Å². The number of urea groups is 1. The third-order valence-corrected chi connectivity index (χ3v) is 9.26. The van der Waals surface area contributed by atoms with E-state index in [0.717, 1.165) is 79.2 Å². The zero-order valence-electron chi connectivity index (χ0n) is 30.7. The highest BCUT2D eigenvalue weighted by atomic mass is 16.5. The summed E-state index contributed by atoms with van der Waals surface area (Å²) in [5, 5.41) is 20.0. The first kappa shape index (κ1) is 35.9. The van der Waals surface area contributed by atoms with Gasteiger partial charge < -0.3 is 19.7 Å². The first-order valence-corrected chi connectivity index (χ1v) is 17.9. The summed E-state index contributed by atoms with van der Waals surface area (Å²) in [6.45, 7) is 15.7. The van der Waals surface area contributed by atoms with Crippen LogP contribution in [0.4, 0.5) is 16.6 Å². The van der Waals surface area contributed by atoms with Crippen LogP contribution in [0.15, 0.2) is 79.0 Å². The van der Waals surface area contributed by atoms with Crippen molar-refractivity contribution in [2.24, 2.45) is 0 Å². The van der Waals surface area contributed by atoms with E-state index in [2.05, 4.69) is 65.2 Å². The molecule has 0 radical (unpaired) electrons. The first-order valence-electron chi connectivity index (χ1n) is 17.9. The van der Waals surface area contributed by atoms with Crippen molar-refractivity contribution in [1.82, 2.24) is 34.6 Å². The number of hydrogen-bond acceptors (Lipinski definition) is 8. The van der Waals surface area contributed by atoms with Gasteiger partial charge in [-0.15, -0.1) is 10.2 Å². The number of carbonyl (C=O) groups excluding carboxylic acids is 1. The Hall–Kier alpha value is -4.94. The van der Waals surface area contributed by atoms with Crippen molar-refractivity contribution in [3.05, 3.63) is 95.8 Å². The molecule has 12 nitrogen and oxygen atoms in total. The number of nitrogens with one attached hydrogen (secondary N) is 2. The van der Waals surface area contributed by atoms with E-state index in [1.165, 1.54) is 0 Å². The number of morpholine rings is 1. The predicted molar refractivity (Wildman–Crippen MR) is 201 cm³/mol. The fourth-order valence-electron chi connectivity index (χ4n) is 6.14. The van der Waals surface area contributed by atoms with Crippen LogP contribution in [-0.4, -0.2) is 87.9 Å². The fraction of sp³-hybridized carbons (Fsp3) is 0.436. The Labute approximate surface area is 300 Å². The molecule has 0 unspecified atom stereocenters. The van der Waals surface area contributed by atoms with Gasteiger partial charge in [-0.3, -0.25) is 14.6 Å². The van der Waals surface area contributed by atoms with E-state index in [0.29, 0.717) is 18.7 Å². The van der Waals surface area contributed by atoms with Crippen LogP contribution in [0.5, 0.6) is 5.75 Å². The standard InChI is InChI=1S/C39H51N9O3/c1-28-12-15-31(16-13-28)48-36(26-34(44-48)39(3,4)5)41-37(49)40-33(30-10-8-7-9-11-30)18-14-29(2)51-32-17-19-35-42-43-38(47(35)27-32)45(6)20-21-46-22-24-50-25-23-46/h7-13,15-17,19,26-27,29,33H,14,18,20-25H2,1-6H3,(H2,40,41,49)/t29-,33-/m0/s1. The minimum absolute atomic E-state index is 0.116. The van der Waals surface area contributed by atoms with Crippen LogP contribution in [0.2, 0.25) is 0 Å². The number of nitrogens with zero attached hydrogens (tertiary/aromatic N) is 7. The number of aryl methyl sites for hydroxylation is 1. The van der Waals surface area contributed by atoms with Gasteiger partial charge in [0.05, 0.1) is 42.9 Å². The summed E-state index contributed by atoms with van der Waals surface area (Å²) in [6, 6.07) is 23.5. The number of anilines is 2. The van der Waals surface area contributed by atoms with Gasteiger partial charge in [0.15, 0.2) is 5.65 Å².